The van der Waals surface area contributed by atoms with Crippen LogP contribution < -0.4 is 4.74 Å². The molecule has 0 aliphatic rings. The molecule has 1 aromatic heterocycles. The number of ether oxygens (including phenoxy) is 1. The van der Waals surface area contributed by atoms with Crippen LogP contribution in [0.2, 0.25) is 5.15 Å². The van der Waals surface area contributed by atoms with E-state index in [4.69, 9.17) is 16.3 Å². The van der Waals surface area contributed by atoms with E-state index in [2.05, 4.69) is 25.9 Å². The van der Waals surface area contributed by atoms with Gasteiger partial charge in [0.15, 0.2) is 5.75 Å². The summed E-state index contributed by atoms with van der Waals surface area (Å²) in [6, 6.07) is 5.63. The lowest BCUT2D eigenvalue weighted by Crippen LogP contribution is -1.95. The van der Waals surface area contributed by atoms with Crippen molar-refractivity contribution in [3.63, 3.8) is 0 Å². The number of nitro groups is 1. The lowest BCUT2D eigenvalue weighted by Gasteiger charge is -2.07. The van der Waals surface area contributed by atoms with E-state index in [1.54, 1.807) is 6.92 Å². The van der Waals surface area contributed by atoms with E-state index < -0.39 is 4.92 Å². The monoisotopic (exact) mass is 343 g/mol. The third-order valence-electron chi connectivity index (χ3n) is 2.12. The number of nitrogens with zero attached hydrogens (tertiary/aromatic N) is 3. The molecule has 6 nitrogen and oxygen atoms in total. The van der Waals surface area contributed by atoms with E-state index in [1.165, 1.54) is 24.3 Å². The Labute approximate surface area is 121 Å². The van der Waals surface area contributed by atoms with E-state index in [1.807, 2.05) is 0 Å². The van der Waals surface area contributed by atoms with E-state index in [9.17, 15) is 10.1 Å². The average Bonchev–Trinajstić information content (AvgIpc) is 2.30. The van der Waals surface area contributed by atoms with E-state index >= 15 is 0 Å². The van der Waals surface area contributed by atoms with Gasteiger partial charge in [-0.25, -0.2) is 4.98 Å². The molecule has 1 heterocycles. The Hall–Kier alpha value is -1.73. The molecule has 0 unspecified atom stereocenters. The summed E-state index contributed by atoms with van der Waals surface area (Å²) < 4.78 is 6.05. The number of benzene rings is 1. The zero-order valence-electron chi connectivity index (χ0n) is 9.63. The Morgan fingerprint density at radius 3 is 2.74 bits per heavy atom. The minimum absolute atomic E-state index is 0.0740. The molecule has 2 aromatic rings. The Morgan fingerprint density at radius 2 is 2.11 bits per heavy atom. The van der Waals surface area contributed by atoms with Crippen molar-refractivity contribution in [2.45, 2.75) is 6.92 Å². The molecule has 0 bridgehead atoms. The smallest absolute Gasteiger partial charge is 0.273 e. The van der Waals surface area contributed by atoms with E-state index in [-0.39, 0.29) is 22.5 Å². The summed E-state index contributed by atoms with van der Waals surface area (Å²) in [6.45, 7) is 1.67. The lowest BCUT2D eigenvalue weighted by atomic mass is 10.3. The minimum Gasteiger partial charge on any atom is -0.437 e. The number of aromatic nitrogens is 2. The van der Waals surface area contributed by atoms with Gasteiger partial charge in [0.1, 0.15) is 11.0 Å². The third kappa shape index (κ3) is 3.39. The van der Waals surface area contributed by atoms with Crippen LogP contribution >= 0.6 is 27.5 Å². The summed E-state index contributed by atoms with van der Waals surface area (Å²) in [5.74, 6) is 0.950. The maximum Gasteiger partial charge on any atom is 0.273 e. The number of hydrogen-bond donors (Lipinski definition) is 0. The van der Waals surface area contributed by atoms with Crippen LogP contribution in [0.3, 0.4) is 0 Å². The molecule has 2 rings (SSSR count). The Bertz CT molecular complexity index is 631. The first-order valence-electron chi connectivity index (χ1n) is 5.08. The van der Waals surface area contributed by atoms with Crippen molar-refractivity contribution < 1.29 is 9.66 Å². The molecule has 0 aliphatic carbocycles. The maximum atomic E-state index is 10.7. The molecular formula is C11H7BrClN3O3. The van der Waals surface area contributed by atoms with Crippen molar-refractivity contribution in [2.24, 2.45) is 0 Å². The second-order valence-corrected chi connectivity index (χ2v) is 4.79. The van der Waals surface area contributed by atoms with Gasteiger partial charge in [0.25, 0.3) is 5.69 Å². The van der Waals surface area contributed by atoms with Gasteiger partial charge in [0.2, 0.25) is 5.88 Å². The number of halogens is 2. The quantitative estimate of drug-likeness (QED) is 0.479. The number of hydrogen-bond acceptors (Lipinski definition) is 5. The highest BCUT2D eigenvalue weighted by Crippen LogP contribution is 2.32. The standard InChI is InChI=1S/C11H7BrClN3O3/c1-6-14-10(13)5-11(15-6)19-9-4-7(16(17)18)2-3-8(9)12/h2-5H,1H3. The summed E-state index contributed by atoms with van der Waals surface area (Å²) in [5.41, 5.74) is -0.0740. The number of rotatable bonds is 3. The maximum absolute atomic E-state index is 10.7. The Balaban J connectivity index is 2.37. The molecule has 0 spiro atoms. The summed E-state index contributed by atoms with van der Waals surface area (Å²) in [5, 5.41) is 11.0. The topological polar surface area (TPSA) is 78.2 Å². The van der Waals surface area contributed by atoms with Gasteiger partial charge in [-0.05, 0) is 28.9 Å². The fraction of sp³-hybridized carbons (Fsp3) is 0.0909. The minimum atomic E-state index is -0.502. The molecule has 0 N–H and O–H groups in total. The highest BCUT2D eigenvalue weighted by molar-refractivity contribution is 9.10. The fourth-order valence-corrected chi connectivity index (χ4v) is 1.90. The lowest BCUT2D eigenvalue weighted by molar-refractivity contribution is -0.384. The summed E-state index contributed by atoms with van der Waals surface area (Å²) in [7, 11) is 0. The van der Waals surface area contributed by atoms with Crippen molar-refractivity contribution in [1.82, 2.24) is 9.97 Å². The van der Waals surface area contributed by atoms with Crippen LogP contribution in [0.1, 0.15) is 5.82 Å². The van der Waals surface area contributed by atoms with Crippen molar-refractivity contribution in [3.8, 4) is 11.6 Å². The average molecular weight is 345 g/mol. The third-order valence-corrected chi connectivity index (χ3v) is 2.97. The van der Waals surface area contributed by atoms with Crippen molar-refractivity contribution in [2.75, 3.05) is 0 Å². The first kappa shape index (κ1) is 13.7. The van der Waals surface area contributed by atoms with Gasteiger partial charge in [-0.3, -0.25) is 10.1 Å². The molecule has 0 radical (unpaired) electrons. The Kier molecular flexibility index (Phi) is 3.96. The van der Waals surface area contributed by atoms with Gasteiger partial charge in [0, 0.05) is 12.1 Å². The van der Waals surface area contributed by atoms with Gasteiger partial charge in [-0.15, -0.1) is 0 Å². The number of aryl methyl sites for hydroxylation is 1. The van der Waals surface area contributed by atoms with Gasteiger partial charge >= 0.3 is 0 Å². The molecule has 0 amide bonds. The zero-order valence-corrected chi connectivity index (χ0v) is 12.0. The second kappa shape index (κ2) is 5.50. The van der Waals surface area contributed by atoms with Crippen LogP contribution in [0.4, 0.5) is 5.69 Å². The molecule has 98 valence electrons. The first-order chi connectivity index (χ1) is 8.95. The molecule has 0 saturated heterocycles. The van der Waals surface area contributed by atoms with Crippen LogP contribution in [0.5, 0.6) is 11.6 Å². The summed E-state index contributed by atoms with van der Waals surface area (Å²) >= 11 is 9.04. The normalized spacial score (nSPS) is 10.3. The molecule has 0 fully saturated rings. The van der Waals surface area contributed by atoms with Crippen LogP contribution in [0.15, 0.2) is 28.7 Å². The van der Waals surface area contributed by atoms with Crippen LogP contribution in [-0.4, -0.2) is 14.9 Å². The largest absolute Gasteiger partial charge is 0.437 e. The van der Waals surface area contributed by atoms with Crippen LogP contribution in [0.25, 0.3) is 0 Å². The molecular weight excluding hydrogens is 337 g/mol. The predicted octanol–water partition coefficient (Wildman–Crippen LogP) is 3.90. The molecule has 0 aliphatic heterocycles. The zero-order chi connectivity index (χ0) is 14.0. The summed E-state index contributed by atoms with van der Waals surface area (Å²) in [4.78, 5) is 18.1. The van der Waals surface area contributed by atoms with E-state index in [0.29, 0.717) is 10.3 Å². The van der Waals surface area contributed by atoms with E-state index in [0.717, 1.165) is 0 Å². The summed E-state index contributed by atoms with van der Waals surface area (Å²) in [6.07, 6.45) is 0. The number of nitro benzene ring substituents is 1. The fourth-order valence-electron chi connectivity index (χ4n) is 1.35. The van der Waals surface area contributed by atoms with Gasteiger partial charge in [-0.1, -0.05) is 11.6 Å². The second-order valence-electron chi connectivity index (χ2n) is 3.55. The molecule has 0 saturated carbocycles. The predicted molar refractivity (Wildman–Crippen MR) is 72.6 cm³/mol. The Morgan fingerprint density at radius 1 is 1.37 bits per heavy atom. The highest BCUT2D eigenvalue weighted by Gasteiger charge is 2.12. The molecule has 1 aromatic carbocycles. The van der Waals surface area contributed by atoms with Gasteiger partial charge in [-0.2, -0.15) is 4.98 Å². The van der Waals surface area contributed by atoms with Gasteiger partial charge in [0.05, 0.1) is 15.5 Å². The van der Waals surface area contributed by atoms with Crippen LogP contribution in [-0.2, 0) is 0 Å². The number of non-ortho nitro benzene ring substituents is 1. The van der Waals surface area contributed by atoms with Gasteiger partial charge < -0.3 is 4.74 Å². The molecule has 19 heavy (non-hydrogen) atoms. The highest BCUT2D eigenvalue weighted by atomic mass is 79.9. The van der Waals surface area contributed by atoms with Crippen molar-refractivity contribution >= 4 is 33.2 Å². The SMILES string of the molecule is Cc1nc(Cl)cc(Oc2cc([N+](=O)[O-])ccc2Br)n1. The van der Waals surface area contributed by atoms with Crippen molar-refractivity contribution in [3.05, 3.63) is 49.8 Å². The molecule has 8 heteroatoms. The molecule has 0 atom stereocenters. The first-order valence-corrected chi connectivity index (χ1v) is 6.26. The van der Waals surface area contributed by atoms with Crippen LogP contribution in [0, 0.1) is 17.0 Å². The van der Waals surface area contributed by atoms with Crippen molar-refractivity contribution in [1.29, 1.82) is 0 Å².